The molecule has 0 bridgehead atoms. The number of aromatic nitrogens is 1. The minimum Gasteiger partial charge on any atom is -0.458 e. The average molecular weight is 1150 g/mol. The van der Waals surface area contributed by atoms with Crippen LogP contribution in [0.5, 0.6) is 0 Å². The molecule has 0 spiro atoms. The highest BCUT2D eigenvalue weighted by Crippen LogP contribution is 2.25. The minimum absolute atomic E-state index is 0.00887. The Labute approximate surface area is 472 Å². The molecule has 0 unspecified atom stereocenters. The van der Waals surface area contributed by atoms with Gasteiger partial charge in [0.05, 0.1) is 37.5 Å². The van der Waals surface area contributed by atoms with Gasteiger partial charge in [-0.1, -0.05) is 100 Å². The summed E-state index contributed by atoms with van der Waals surface area (Å²) in [5.74, 6) is -7.10. The molecule has 5 rings (SSSR count). The molecule has 15 N–H and O–H groups in total. The largest absolute Gasteiger partial charge is 0.458 e. The second-order valence-corrected chi connectivity index (χ2v) is 22.3. The number of benzene rings is 3. The molecule has 25 heteroatoms. The van der Waals surface area contributed by atoms with E-state index in [-0.39, 0.29) is 56.9 Å². The highest BCUT2D eigenvalue weighted by molar-refractivity contribution is 8.76. The molecular weight excluding hydrogens is 1070 g/mol. The van der Waals surface area contributed by atoms with Crippen molar-refractivity contribution in [3.8, 4) is 0 Å². The van der Waals surface area contributed by atoms with E-state index in [1.807, 2.05) is 30.3 Å². The molecule has 1 saturated heterocycles. The Bertz CT molecular complexity index is 2670. The molecule has 1 fully saturated rings. The number of aliphatic hydroxyl groups is 3. The highest BCUT2D eigenvalue weighted by Gasteiger charge is 2.37. The van der Waals surface area contributed by atoms with Gasteiger partial charge in [0.1, 0.15) is 48.5 Å². The van der Waals surface area contributed by atoms with Gasteiger partial charge in [0, 0.05) is 41.4 Å². The van der Waals surface area contributed by atoms with Gasteiger partial charge in [-0.2, -0.15) is 0 Å². The van der Waals surface area contributed by atoms with E-state index in [0.717, 1.165) is 38.1 Å². The number of nitrogens with one attached hydrogen (secondary N) is 8. The quantitative estimate of drug-likeness (QED) is 0.0269. The molecule has 0 saturated carbocycles. The number of rotatable bonds is 22. The number of H-pyrrole nitrogens is 1. The van der Waals surface area contributed by atoms with Crippen LogP contribution in [0.3, 0.4) is 0 Å². The number of nitrogens with two attached hydrogens (primary N) is 2. The summed E-state index contributed by atoms with van der Waals surface area (Å²) in [5, 5.41) is 51.1. The predicted molar refractivity (Wildman–Crippen MR) is 303 cm³/mol. The topological polar surface area (TPSA) is 368 Å². The van der Waals surface area contributed by atoms with Crippen LogP contribution in [0.15, 0.2) is 91.1 Å². The van der Waals surface area contributed by atoms with Crippen molar-refractivity contribution in [1.29, 1.82) is 0 Å². The SMILES string of the molecule is C[C@H](O)C(=O)O[C@@H](C)COC[C@@H](NC(=O)[C@@H]1CSSC[C@H](NC(=O)[C@H](N)Cc2ccccc2)C(=O)N[C@@H](Cc2ccccc2)C(=O)N[C@H](Cc2c[nH]c3ccccc23)C(=O)N[C@@H](CCCCN)C(=O)N[C@@H]([C@@H](C)O)C(=O)N1)[C@@H](C)O. The van der Waals surface area contributed by atoms with Crippen LogP contribution in [0.2, 0.25) is 0 Å². The summed E-state index contributed by atoms with van der Waals surface area (Å²) in [5.41, 5.74) is 15.0. The van der Waals surface area contributed by atoms with Gasteiger partial charge in [-0.25, -0.2) is 4.79 Å². The van der Waals surface area contributed by atoms with Crippen molar-refractivity contribution in [3.63, 3.8) is 0 Å². The van der Waals surface area contributed by atoms with Crippen molar-refractivity contribution in [1.82, 2.24) is 42.2 Å². The van der Waals surface area contributed by atoms with Gasteiger partial charge < -0.3 is 78.5 Å². The highest BCUT2D eigenvalue weighted by atomic mass is 33.1. The van der Waals surface area contributed by atoms with E-state index in [1.54, 1.807) is 60.8 Å². The smallest absolute Gasteiger partial charge is 0.335 e. The van der Waals surface area contributed by atoms with Crippen molar-refractivity contribution < 1.29 is 63.1 Å². The molecule has 12 atom stereocenters. The number of fused-ring (bicyclic) bond motifs is 1. The van der Waals surface area contributed by atoms with Crippen LogP contribution < -0.4 is 48.7 Å². The van der Waals surface area contributed by atoms with Gasteiger partial charge >= 0.3 is 5.97 Å². The van der Waals surface area contributed by atoms with E-state index < -0.39 is 120 Å². The van der Waals surface area contributed by atoms with Crippen LogP contribution in [0.4, 0.5) is 0 Å². The van der Waals surface area contributed by atoms with Gasteiger partial charge in [0.25, 0.3) is 0 Å². The lowest BCUT2D eigenvalue weighted by Gasteiger charge is -2.29. The maximum atomic E-state index is 14.8. The molecule has 80 heavy (non-hydrogen) atoms. The van der Waals surface area contributed by atoms with Gasteiger partial charge in [0.2, 0.25) is 41.4 Å². The van der Waals surface area contributed by atoms with Gasteiger partial charge in [-0.15, -0.1) is 0 Å². The lowest BCUT2D eigenvalue weighted by Crippen LogP contribution is -2.62. The van der Waals surface area contributed by atoms with Crippen LogP contribution in [0, 0.1) is 0 Å². The normalized spacial score (nSPS) is 22.3. The van der Waals surface area contributed by atoms with Crippen LogP contribution in [-0.2, 0) is 67.1 Å². The Morgan fingerprint density at radius 1 is 0.700 bits per heavy atom. The third-order valence-corrected chi connectivity index (χ3v) is 15.4. The maximum absolute atomic E-state index is 14.8. The number of aliphatic hydroxyl groups excluding tert-OH is 3. The van der Waals surface area contributed by atoms with E-state index in [2.05, 4.69) is 42.2 Å². The number of hydrogen-bond donors (Lipinski definition) is 13. The molecule has 1 aliphatic rings. The fourth-order valence-electron chi connectivity index (χ4n) is 8.40. The summed E-state index contributed by atoms with van der Waals surface area (Å²) in [7, 11) is 2.03. The molecular formula is C55H76N10O13S2. The number of carbonyl (C=O) groups excluding carboxylic acids is 8. The number of amides is 7. The summed E-state index contributed by atoms with van der Waals surface area (Å²) < 4.78 is 10.8. The summed E-state index contributed by atoms with van der Waals surface area (Å²) in [6.45, 7) is 5.15. The number of aromatic amines is 1. The van der Waals surface area contributed by atoms with Crippen molar-refractivity contribution in [2.75, 3.05) is 31.3 Å². The fraction of sp³-hybridized carbons (Fsp3) is 0.491. The zero-order valence-electron chi connectivity index (χ0n) is 45.3. The van der Waals surface area contributed by atoms with Gasteiger partial charge in [-0.3, -0.25) is 33.6 Å². The molecule has 4 aromatic rings. The third kappa shape index (κ3) is 20.5. The molecule has 7 amide bonds. The standard InChI is InChI=1S/C55H76N10O13S2/c1-31(78-55(76)34(4)68)27-77-28-44(32(2)66)62-53(74)46-30-80-79-29-45(63-48(69)39(57)23-35-15-7-5-8-16-35)52(73)60-42(24-36-17-9-6-10-18-36)50(71)61-43(25-37-26-58-40-20-12-11-19-38(37)40)51(72)59-41(21-13-14-22-56)49(70)65-47(33(3)67)54(75)64-46/h5-12,15-20,26,31-34,39,41-47,58,66-68H,13-14,21-25,27-30,56-57H2,1-4H3,(H,59,72)(H,60,73)(H,61,71)(H,62,74)(H,63,69)(H,64,75)(H,65,70)/t31-,32+,33+,34-,39+,41-,42-,43+,44+,45-,46-,47-/m0/s1. The summed E-state index contributed by atoms with van der Waals surface area (Å²) in [4.78, 5) is 116. The van der Waals surface area contributed by atoms with Crippen LogP contribution >= 0.6 is 21.6 Å². The zero-order chi connectivity index (χ0) is 58.3. The monoisotopic (exact) mass is 1150 g/mol. The number of carbonyl (C=O) groups is 8. The Morgan fingerprint density at radius 3 is 1.95 bits per heavy atom. The first-order valence-electron chi connectivity index (χ1n) is 26.5. The van der Waals surface area contributed by atoms with E-state index in [4.69, 9.17) is 20.9 Å². The molecule has 3 aromatic carbocycles. The number of para-hydroxylation sites is 1. The first-order valence-corrected chi connectivity index (χ1v) is 29.0. The van der Waals surface area contributed by atoms with Crippen LogP contribution in [-0.4, -0.2) is 172 Å². The summed E-state index contributed by atoms with van der Waals surface area (Å²) in [6, 6.07) is 14.3. The minimum atomic E-state index is -1.71. The number of unbranched alkanes of at least 4 members (excludes halogenated alkanes) is 1. The number of esters is 1. The van der Waals surface area contributed by atoms with Crippen LogP contribution in [0.25, 0.3) is 10.9 Å². The Balaban J connectivity index is 1.54. The lowest BCUT2D eigenvalue weighted by molar-refractivity contribution is -0.160. The van der Waals surface area contributed by atoms with Crippen LogP contribution in [0.1, 0.15) is 63.6 Å². The van der Waals surface area contributed by atoms with Gasteiger partial charge in [-0.05, 0) is 82.7 Å². The van der Waals surface area contributed by atoms with E-state index >= 15 is 0 Å². The van der Waals surface area contributed by atoms with Crippen molar-refractivity contribution in [3.05, 3.63) is 108 Å². The lowest BCUT2D eigenvalue weighted by atomic mass is 10.0. The first-order chi connectivity index (χ1) is 38.2. The van der Waals surface area contributed by atoms with Crippen molar-refractivity contribution >= 4 is 79.8 Å². The Kier molecular flexibility index (Phi) is 26.2. The van der Waals surface area contributed by atoms with Crippen molar-refractivity contribution in [2.45, 2.75) is 139 Å². The van der Waals surface area contributed by atoms with Crippen molar-refractivity contribution in [2.24, 2.45) is 11.5 Å². The zero-order valence-corrected chi connectivity index (χ0v) is 46.9. The summed E-state index contributed by atoms with van der Waals surface area (Å²) >= 11 is 0. The molecule has 436 valence electrons. The molecule has 23 nitrogen and oxygen atoms in total. The van der Waals surface area contributed by atoms with E-state index in [0.29, 0.717) is 24.0 Å². The second-order valence-electron chi connectivity index (χ2n) is 19.8. The van der Waals surface area contributed by atoms with Gasteiger partial charge in [0.15, 0.2) is 0 Å². The summed E-state index contributed by atoms with van der Waals surface area (Å²) in [6.07, 6.45) is -2.57. The molecule has 1 aliphatic heterocycles. The molecule has 2 heterocycles. The number of ether oxygens (including phenoxy) is 2. The van der Waals surface area contributed by atoms with E-state index in [1.165, 1.54) is 27.7 Å². The number of hydrogen-bond acceptors (Lipinski definition) is 17. The Morgan fingerprint density at radius 2 is 1.30 bits per heavy atom. The molecule has 0 radical (unpaired) electrons. The van der Waals surface area contributed by atoms with E-state index in [9.17, 15) is 53.7 Å². The third-order valence-electron chi connectivity index (χ3n) is 13.0. The molecule has 1 aromatic heterocycles. The first kappa shape index (κ1) is 64.2. The maximum Gasteiger partial charge on any atom is 0.335 e. The second kappa shape index (κ2) is 32.6. The molecule has 0 aliphatic carbocycles. The average Bonchev–Trinajstić information content (AvgIpc) is 3.84. The predicted octanol–water partition coefficient (Wildman–Crippen LogP) is -0.469. The Hall–Kier alpha value is -6.58. The fourth-order valence-corrected chi connectivity index (χ4v) is 10.7.